The third kappa shape index (κ3) is 2.52. The molecule has 0 atom stereocenters. The number of hydrogen-bond donors (Lipinski definition) is 2. The molecule has 0 bridgehead atoms. The van der Waals surface area contributed by atoms with E-state index in [0.717, 1.165) is 0 Å². The summed E-state index contributed by atoms with van der Waals surface area (Å²) in [7, 11) is 1.28. The number of carboxylic acids is 1. The Hall–Kier alpha value is -1.97. The van der Waals surface area contributed by atoms with E-state index in [9.17, 15) is 4.79 Å². The molecule has 0 saturated carbocycles. The third-order valence-corrected chi connectivity index (χ3v) is 1.60. The van der Waals surface area contributed by atoms with Crippen LogP contribution in [0.5, 0.6) is 5.75 Å². The van der Waals surface area contributed by atoms with Gasteiger partial charge in [-0.1, -0.05) is 12.1 Å². The first kappa shape index (κ1) is 10.1. The summed E-state index contributed by atoms with van der Waals surface area (Å²) in [6.45, 7) is 0. The molecule has 14 heavy (non-hydrogen) atoms. The number of benzene rings is 1. The maximum absolute atomic E-state index is 10.6. The van der Waals surface area contributed by atoms with Gasteiger partial charge in [0.05, 0.1) is 7.11 Å². The van der Waals surface area contributed by atoms with Gasteiger partial charge in [0.1, 0.15) is 5.75 Å². The Balaban J connectivity index is 3.00. The molecule has 0 aliphatic carbocycles. The molecule has 4 heteroatoms. The number of carboxylic acid groups (broad SMARTS) is 1. The van der Waals surface area contributed by atoms with Crippen LogP contribution in [0.4, 0.5) is 0 Å². The highest BCUT2D eigenvalue weighted by Gasteiger charge is 2.06. The lowest BCUT2D eigenvalue weighted by Gasteiger charge is -2.00. The van der Waals surface area contributed by atoms with E-state index in [1.54, 1.807) is 12.1 Å². The van der Waals surface area contributed by atoms with Gasteiger partial charge in [-0.3, -0.25) is 0 Å². The molecule has 0 aromatic heterocycles. The average Bonchev–Trinajstić information content (AvgIpc) is 2.14. The standard InChI is InChI=1S/C10H10O4/c1-14-9(10(12)13)6-7-3-2-4-8(11)5-7/h2-6,11H,1H3,(H,12,13). The Bertz CT molecular complexity index is 368. The number of phenolic OH excluding ortho intramolecular Hbond substituents is 1. The number of rotatable bonds is 3. The molecule has 0 spiro atoms. The first-order valence-electron chi connectivity index (χ1n) is 3.91. The van der Waals surface area contributed by atoms with Gasteiger partial charge in [0, 0.05) is 0 Å². The highest BCUT2D eigenvalue weighted by atomic mass is 16.5. The Labute approximate surface area is 81.1 Å². The smallest absolute Gasteiger partial charge is 0.371 e. The first-order valence-corrected chi connectivity index (χ1v) is 3.91. The molecule has 4 nitrogen and oxygen atoms in total. The summed E-state index contributed by atoms with van der Waals surface area (Å²) in [5, 5.41) is 17.8. The number of ether oxygens (including phenoxy) is 1. The van der Waals surface area contributed by atoms with Gasteiger partial charge in [0.2, 0.25) is 5.76 Å². The fraction of sp³-hybridized carbons (Fsp3) is 0.100. The molecule has 2 N–H and O–H groups in total. The van der Waals surface area contributed by atoms with Crippen LogP contribution < -0.4 is 0 Å². The van der Waals surface area contributed by atoms with Crippen molar-refractivity contribution in [1.29, 1.82) is 0 Å². The van der Waals surface area contributed by atoms with Crippen molar-refractivity contribution in [2.24, 2.45) is 0 Å². The Morgan fingerprint density at radius 3 is 2.71 bits per heavy atom. The fourth-order valence-corrected chi connectivity index (χ4v) is 0.974. The molecule has 0 amide bonds. The predicted molar refractivity (Wildman–Crippen MR) is 50.7 cm³/mol. The first-order chi connectivity index (χ1) is 6.63. The van der Waals surface area contributed by atoms with Crippen LogP contribution in [-0.4, -0.2) is 23.3 Å². The monoisotopic (exact) mass is 194 g/mol. The maximum atomic E-state index is 10.6. The SMILES string of the molecule is COC(=Cc1cccc(O)c1)C(=O)O. The van der Waals surface area contributed by atoms with Crippen molar-refractivity contribution in [3.05, 3.63) is 35.6 Å². The van der Waals surface area contributed by atoms with E-state index in [0.29, 0.717) is 5.56 Å². The van der Waals surface area contributed by atoms with Crippen molar-refractivity contribution in [2.45, 2.75) is 0 Å². The van der Waals surface area contributed by atoms with Crippen molar-refractivity contribution < 1.29 is 19.7 Å². The Morgan fingerprint density at radius 1 is 1.50 bits per heavy atom. The van der Waals surface area contributed by atoms with E-state index in [2.05, 4.69) is 4.74 Å². The predicted octanol–water partition coefficient (Wildman–Crippen LogP) is 1.46. The van der Waals surface area contributed by atoms with Crippen LogP contribution in [0.25, 0.3) is 6.08 Å². The number of phenols is 1. The number of methoxy groups -OCH3 is 1. The average molecular weight is 194 g/mol. The van der Waals surface area contributed by atoms with Crippen LogP contribution in [0.3, 0.4) is 0 Å². The summed E-state index contributed by atoms with van der Waals surface area (Å²) in [5.41, 5.74) is 0.573. The van der Waals surface area contributed by atoms with E-state index in [-0.39, 0.29) is 11.5 Å². The van der Waals surface area contributed by atoms with E-state index >= 15 is 0 Å². The van der Waals surface area contributed by atoms with Gasteiger partial charge in [-0.15, -0.1) is 0 Å². The molecule has 1 aromatic carbocycles. The van der Waals surface area contributed by atoms with E-state index in [4.69, 9.17) is 10.2 Å². The van der Waals surface area contributed by atoms with E-state index in [1.165, 1.54) is 25.3 Å². The molecular formula is C10H10O4. The molecule has 0 heterocycles. The van der Waals surface area contributed by atoms with Gasteiger partial charge in [-0.25, -0.2) is 4.79 Å². The third-order valence-electron chi connectivity index (χ3n) is 1.60. The van der Waals surface area contributed by atoms with Gasteiger partial charge in [0.15, 0.2) is 0 Å². The van der Waals surface area contributed by atoms with E-state index in [1.807, 2.05) is 0 Å². The summed E-state index contributed by atoms with van der Waals surface area (Å²) in [4.78, 5) is 10.6. The zero-order valence-corrected chi connectivity index (χ0v) is 7.60. The molecule has 0 aliphatic rings. The largest absolute Gasteiger partial charge is 0.508 e. The van der Waals surface area contributed by atoms with Gasteiger partial charge >= 0.3 is 5.97 Å². The van der Waals surface area contributed by atoms with Crippen molar-refractivity contribution in [3.63, 3.8) is 0 Å². The molecule has 1 rings (SSSR count). The minimum atomic E-state index is -1.14. The zero-order chi connectivity index (χ0) is 10.6. The minimum Gasteiger partial charge on any atom is -0.508 e. The topological polar surface area (TPSA) is 66.8 Å². The molecule has 0 saturated heterocycles. The maximum Gasteiger partial charge on any atom is 0.371 e. The van der Waals surface area contributed by atoms with Crippen LogP contribution >= 0.6 is 0 Å². The number of carbonyl (C=O) groups is 1. The summed E-state index contributed by atoms with van der Waals surface area (Å²) in [5.74, 6) is -1.23. The minimum absolute atomic E-state index is 0.0830. The lowest BCUT2D eigenvalue weighted by atomic mass is 10.2. The van der Waals surface area contributed by atoms with Gasteiger partial charge < -0.3 is 14.9 Å². The highest BCUT2D eigenvalue weighted by Crippen LogP contribution is 2.14. The molecule has 0 fully saturated rings. The van der Waals surface area contributed by atoms with Crippen molar-refractivity contribution in [1.82, 2.24) is 0 Å². The second-order valence-corrected chi connectivity index (χ2v) is 2.61. The summed E-state index contributed by atoms with van der Waals surface area (Å²) >= 11 is 0. The van der Waals surface area contributed by atoms with Crippen LogP contribution in [-0.2, 0) is 9.53 Å². The van der Waals surface area contributed by atoms with Crippen LogP contribution in [0.2, 0.25) is 0 Å². The lowest BCUT2D eigenvalue weighted by molar-refractivity contribution is -0.135. The van der Waals surface area contributed by atoms with Crippen molar-refractivity contribution in [3.8, 4) is 5.75 Å². The van der Waals surface area contributed by atoms with Crippen LogP contribution in [0, 0.1) is 0 Å². The fourth-order valence-electron chi connectivity index (χ4n) is 0.974. The molecule has 1 aromatic rings. The summed E-state index contributed by atoms with van der Waals surface area (Å²) in [6, 6.07) is 6.24. The van der Waals surface area contributed by atoms with Gasteiger partial charge in [-0.05, 0) is 23.8 Å². The van der Waals surface area contributed by atoms with Gasteiger partial charge in [-0.2, -0.15) is 0 Å². The molecule has 0 aliphatic heterocycles. The zero-order valence-electron chi connectivity index (χ0n) is 7.60. The Kier molecular flexibility index (Phi) is 3.12. The Morgan fingerprint density at radius 2 is 2.21 bits per heavy atom. The second kappa shape index (κ2) is 4.32. The molecule has 0 radical (unpaired) electrons. The molecular weight excluding hydrogens is 184 g/mol. The van der Waals surface area contributed by atoms with Gasteiger partial charge in [0.25, 0.3) is 0 Å². The normalized spacial score (nSPS) is 11.1. The highest BCUT2D eigenvalue weighted by molar-refractivity contribution is 5.89. The summed E-state index contributed by atoms with van der Waals surface area (Å²) in [6.07, 6.45) is 1.34. The van der Waals surface area contributed by atoms with Crippen molar-refractivity contribution in [2.75, 3.05) is 7.11 Å². The quantitative estimate of drug-likeness (QED) is 0.564. The van der Waals surface area contributed by atoms with Crippen molar-refractivity contribution >= 4 is 12.0 Å². The van der Waals surface area contributed by atoms with Crippen LogP contribution in [0.1, 0.15) is 5.56 Å². The summed E-state index contributed by atoms with van der Waals surface area (Å²) < 4.78 is 4.64. The molecule has 0 unspecified atom stereocenters. The molecule has 74 valence electrons. The number of aliphatic carboxylic acids is 1. The van der Waals surface area contributed by atoms with Crippen LogP contribution in [0.15, 0.2) is 30.0 Å². The number of hydrogen-bond acceptors (Lipinski definition) is 3. The lowest BCUT2D eigenvalue weighted by Crippen LogP contribution is -2.01. The second-order valence-electron chi connectivity index (χ2n) is 2.61. The van der Waals surface area contributed by atoms with E-state index < -0.39 is 5.97 Å². The number of aromatic hydroxyl groups is 1.